The molecule has 0 bridgehead atoms. The number of fused-ring (bicyclic) bond motifs is 4. The summed E-state index contributed by atoms with van der Waals surface area (Å²) in [4.78, 5) is 4.72. The maximum atomic E-state index is 6.32. The minimum absolute atomic E-state index is 0.795. The minimum atomic E-state index is 0.795. The fraction of sp³-hybridized carbons (Fsp3) is 0.143. The number of nitrogen functional groups attached to an aromatic ring is 1. The van der Waals surface area contributed by atoms with E-state index >= 15 is 0 Å². The summed E-state index contributed by atoms with van der Waals surface area (Å²) in [5.41, 5.74) is 12.3. The molecule has 0 aliphatic heterocycles. The highest BCUT2D eigenvalue weighted by Crippen LogP contribution is 2.38. The van der Waals surface area contributed by atoms with Crippen LogP contribution in [-0.4, -0.2) is 15.2 Å². The second-order valence-electron chi connectivity index (χ2n) is 4.62. The molecule has 0 fully saturated rings. The highest BCUT2D eigenvalue weighted by Gasteiger charge is 2.23. The Labute approximate surface area is 104 Å². The molecule has 3 aromatic rings. The van der Waals surface area contributed by atoms with Crippen LogP contribution in [0.3, 0.4) is 0 Å². The molecule has 0 atom stereocenters. The largest absolute Gasteiger partial charge is 0.398 e. The zero-order valence-electron chi connectivity index (χ0n) is 9.77. The molecule has 0 saturated heterocycles. The lowest BCUT2D eigenvalue weighted by molar-refractivity contribution is 0.905. The van der Waals surface area contributed by atoms with Crippen LogP contribution in [0.25, 0.3) is 22.2 Å². The van der Waals surface area contributed by atoms with Crippen molar-refractivity contribution in [3.8, 4) is 11.3 Å². The molecule has 4 rings (SSSR count). The topological polar surface area (TPSA) is 67.6 Å². The first-order valence-electron chi connectivity index (χ1n) is 6.04. The van der Waals surface area contributed by atoms with E-state index in [1.54, 1.807) is 0 Å². The second kappa shape index (κ2) is 3.32. The number of benzene rings is 1. The molecule has 0 unspecified atom stereocenters. The molecule has 18 heavy (non-hydrogen) atoms. The van der Waals surface area contributed by atoms with Gasteiger partial charge in [-0.05, 0) is 24.5 Å². The number of aryl methyl sites for hydroxylation is 2. The molecule has 88 valence electrons. The summed E-state index contributed by atoms with van der Waals surface area (Å²) in [7, 11) is 0. The Morgan fingerprint density at radius 2 is 2.06 bits per heavy atom. The second-order valence-corrected chi connectivity index (χ2v) is 4.62. The molecule has 2 heterocycles. The van der Waals surface area contributed by atoms with Gasteiger partial charge in [-0.1, -0.05) is 18.2 Å². The van der Waals surface area contributed by atoms with Gasteiger partial charge in [-0.3, -0.25) is 10.1 Å². The summed E-state index contributed by atoms with van der Waals surface area (Å²) in [6, 6.07) is 8.00. The summed E-state index contributed by atoms with van der Waals surface area (Å²) in [6.07, 6.45) is 3.85. The SMILES string of the molecule is Nc1c2c(nc3ccccc13)CCc1c[nH]nc1-2. The van der Waals surface area contributed by atoms with Crippen molar-refractivity contribution in [1.82, 2.24) is 15.2 Å². The van der Waals surface area contributed by atoms with Crippen molar-refractivity contribution < 1.29 is 0 Å². The van der Waals surface area contributed by atoms with Gasteiger partial charge >= 0.3 is 0 Å². The van der Waals surface area contributed by atoms with Gasteiger partial charge in [0.05, 0.1) is 22.6 Å². The number of pyridine rings is 1. The lowest BCUT2D eigenvalue weighted by Crippen LogP contribution is -2.08. The Morgan fingerprint density at radius 1 is 1.17 bits per heavy atom. The van der Waals surface area contributed by atoms with Gasteiger partial charge < -0.3 is 5.73 Å². The van der Waals surface area contributed by atoms with Crippen LogP contribution in [0.5, 0.6) is 0 Å². The Hall–Kier alpha value is -2.36. The van der Waals surface area contributed by atoms with Crippen LogP contribution >= 0.6 is 0 Å². The van der Waals surface area contributed by atoms with Gasteiger partial charge in [0.1, 0.15) is 0 Å². The van der Waals surface area contributed by atoms with E-state index < -0.39 is 0 Å². The first kappa shape index (κ1) is 9.65. The highest BCUT2D eigenvalue weighted by atomic mass is 15.1. The third kappa shape index (κ3) is 1.14. The standard InChI is InChI=1S/C14H12N4/c15-13-9-3-1-2-4-10(9)17-11-6-5-8-7-16-18-14(8)12(11)13/h1-4,7H,5-6H2,(H2,15,17)(H,16,18). The predicted octanol–water partition coefficient (Wildman–Crippen LogP) is 2.31. The molecule has 1 aromatic carbocycles. The third-order valence-electron chi connectivity index (χ3n) is 3.59. The number of H-pyrrole nitrogens is 1. The van der Waals surface area contributed by atoms with E-state index in [0.717, 1.165) is 46.4 Å². The number of hydrogen-bond acceptors (Lipinski definition) is 3. The quantitative estimate of drug-likeness (QED) is 0.629. The van der Waals surface area contributed by atoms with Crippen LogP contribution in [0.1, 0.15) is 11.3 Å². The van der Waals surface area contributed by atoms with Crippen LogP contribution in [0, 0.1) is 0 Å². The van der Waals surface area contributed by atoms with Gasteiger partial charge in [0.2, 0.25) is 0 Å². The van der Waals surface area contributed by atoms with Crippen molar-refractivity contribution in [1.29, 1.82) is 0 Å². The van der Waals surface area contributed by atoms with E-state index in [4.69, 9.17) is 10.7 Å². The van der Waals surface area contributed by atoms with E-state index in [0.29, 0.717) is 0 Å². The van der Waals surface area contributed by atoms with E-state index in [1.807, 2.05) is 30.5 Å². The zero-order chi connectivity index (χ0) is 12.1. The van der Waals surface area contributed by atoms with Crippen LogP contribution in [0.4, 0.5) is 5.69 Å². The van der Waals surface area contributed by atoms with Crippen molar-refractivity contribution >= 4 is 16.6 Å². The van der Waals surface area contributed by atoms with Gasteiger partial charge in [0, 0.05) is 17.1 Å². The van der Waals surface area contributed by atoms with Gasteiger partial charge in [0.15, 0.2) is 0 Å². The number of aromatic amines is 1. The average molecular weight is 236 g/mol. The van der Waals surface area contributed by atoms with Crippen molar-refractivity contribution in [2.24, 2.45) is 0 Å². The molecule has 1 aliphatic rings. The summed E-state index contributed by atoms with van der Waals surface area (Å²) in [6.45, 7) is 0. The number of nitrogens with two attached hydrogens (primary N) is 1. The van der Waals surface area contributed by atoms with E-state index in [1.165, 1.54) is 5.56 Å². The Balaban J connectivity index is 2.15. The summed E-state index contributed by atoms with van der Waals surface area (Å²) < 4.78 is 0. The molecule has 4 heteroatoms. The number of rotatable bonds is 0. The maximum Gasteiger partial charge on any atom is 0.0992 e. The van der Waals surface area contributed by atoms with Crippen molar-refractivity contribution in [3.63, 3.8) is 0 Å². The molecule has 1 aliphatic carbocycles. The minimum Gasteiger partial charge on any atom is -0.398 e. The Kier molecular flexibility index (Phi) is 1.78. The molecule has 4 nitrogen and oxygen atoms in total. The molecular weight excluding hydrogens is 224 g/mol. The molecule has 0 radical (unpaired) electrons. The van der Waals surface area contributed by atoms with Crippen LogP contribution in [-0.2, 0) is 12.8 Å². The number of aromatic nitrogens is 3. The molecular formula is C14H12N4. The zero-order valence-corrected chi connectivity index (χ0v) is 9.77. The first-order valence-corrected chi connectivity index (χ1v) is 6.04. The van der Waals surface area contributed by atoms with Gasteiger partial charge in [-0.25, -0.2) is 0 Å². The summed E-state index contributed by atoms with van der Waals surface area (Å²) in [5, 5.41) is 8.25. The molecule has 0 amide bonds. The molecule has 0 saturated carbocycles. The fourth-order valence-corrected chi connectivity index (χ4v) is 2.71. The van der Waals surface area contributed by atoms with Crippen LogP contribution in [0.15, 0.2) is 30.5 Å². The third-order valence-corrected chi connectivity index (χ3v) is 3.59. The van der Waals surface area contributed by atoms with Crippen molar-refractivity contribution in [2.45, 2.75) is 12.8 Å². The summed E-state index contributed by atoms with van der Waals surface area (Å²) in [5.74, 6) is 0. The van der Waals surface area contributed by atoms with Crippen molar-refractivity contribution in [2.75, 3.05) is 5.73 Å². The molecule has 0 spiro atoms. The number of para-hydroxylation sites is 1. The molecule has 2 aromatic heterocycles. The van der Waals surface area contributed by atoms with E-state index in [9.17, 15) is 0 Å². The van der Waals surface area contributed by atoms with E-state index in [2.05, 4.69) is 10.2 Å². The molecule has 3 N–H and O–H groups in total. The van der Waals surface area contributed by atoms with Gasteiger partial charge in [0.25, 0.3) is 0 Å². The lowest BCUT2D eigenvalue weighted by atomic mass is 9.91. The number of anilines is 1. The number of hydrogen-bond donors (Lipinski definition) is 2. The van der Waals surface area contributed by atoms with Gasteiger partial charge in [-0.2, -0.15) is 5.10 Å². The monoisotopic (exact) mass is 236 g/mol. The first-order chi connectivity index (χ1) is 8.84. The Morgan fingerprint density at radius 3 is 3.00 bits per heavy atom. The summed E-state index contributed by atoms with van der Waals surface area (Å²) >= 11 is 0. The smallest absolute Gasteiger partial charge is 0.0992 e. The lowest BCUT2D eigenvalue weighted by Gasteiger charge is -2.17. The van der Waals surface area contributed by atoms with Crippen LogP contribution < -0.4 is 5.73 Å². The Bertz CT molecular complexity index is 758. The highest BCUT2D eigenvalue weighted by molar-refractivity contribution is 5.99. The predicted molar refractivity (Wildman–Crippen MR) is 71.1 cm³/mol. The fourth-order valence-electron chi connectivity index (χ4n) is 2.71. The maximum absolute atomic E-state index is 6.32. The van der Waals surface area contributed by atoms with Gasteiger partial charge in [-0.15, -0.1) is 0 Å². The van der Waals surface area contributed by atoms with Crippen LogP contribution in [0.2, 0.25) is 0 Å². The van der Waals surface area contributed by atoms with E-state index in [-0.39, 0.29) is 0 Å². The number of nitrogens with one attached hydrogen (secondary N) is 1. The van der Waals surface area contributed by atoms with Crippen molar-refractivity contribution in [3.05, 3.63) is 41.7 Å². The normalized spacial score (nSPS) is 13.3. The average Bonchev–Trinajstić information content (AvgIpc) is 2.87. The number of nitrogens with zero attached hydrogens (tertiary/aromatic N) is 2.